The number of hydrogen-bond donors (Lipinski definition) is 2. The molecule has 0 aliphatic carbocycles. The summed E-state index contributed by atoms with van der Waals surface area (Å²) in [7, 11) is -1.62. The second-order valence-electron chi connectivity index (χ2n) is 6.41. The van der Waals surface area contributed by atoms with Crippen LogP contribution in [0.4, 0.5) is 0 Å². The van der Waals surface area contributed by atoms with Gasteiger partial charge in [-0.25, -0.2) is 13.1 Å². The van der Waals surface area contributed by atoms with Crippen molar-refractivity contribution in [3.63, 3.8) is 0 Å². The molecular weight excluding hydrogens is 284 g/mol. The van der Waals surface area contributed by atoms with Gasteiger partial charge in [0, 0.05) is 13.1 Å². The summed E-state index contributed by atoms with van der Waals surface area (Å²) in [5.74, 6) is 0. The molecule has 0 saturated carbocycles. The number of hydrogen-bond acceptors (Lipinski definition) is 3. The maximum atomic E-state index is 12.6. The number of nitrogens with one attached hydrogen (secondary N) is 2. The second kappa shape index (κ2) is 6.90. The molecule has 0 heterocycles. The number of sulfonamides is 1. The minimum absolute atomic E-state index is 0.0431. The Morgan fingerprint density at radius 3 is 2.33 bits per heavy atom. The second-order valence-corrected chi connectivity index (χ2v) is 8.14. The van der Waals surface area contributed by atoms with E-state index in [0.717, 1.165) is 23.1 Å². The molecule has 0 aliphatic heterocycles. The first kappa shape index (κ1) is 18.1. The lowest BCUT2D eigenvalue weighted by Gasteiger charge is -2.23. The summed E-state index contributed by atoms with van der Waals surface area (Å²) in [5, 5.41) is 3.06. The standard InChI is InChI=1S/C16H28N2O2S/c1-7-16(4,5)11-18-21(19,20)15-9-14(10-17-6)8-12(2)13(15)3/h8-9,17-18H,7,10-11H2,1-6H3. The third-order valence-electron chi connectivity index (χ3n) is 4.05. The van der Waals surface area contributed by atoms with Crippen LogP contribution in [0, 0.1) is 19.3 Å². The van der Waals surface area contributed by atoms with Gasteiger partial charge < -0.3 is 5.32 Å². The normalized spacial score (nSPS) is 12.7. The predicted octanol–water partition coefficient (Wildman–Crippen LogP) is 2.74. The monoisotopic (exact) mass is 312 g/mol. The molecule has 1 rings (SSSR count). The minimum Gasteiger partial charge on any atom is -0.316 e. The third kappa shape index (κ3) is 4.80. The van der Waals surface area contributed by atoms with Crippen molar-refractivity contribution in [3.8, 4) is 0 Å². The van der Waals surface area contributed by atoms with Crippen LogP contribution in [0.5, 0.6) is 0 Å². The Hall–Kier alpha value is -0.910. The summed E-state index contributed by atoms with van der Waals surface area (Å²) in [6.07, 6.45) is 0.924. The van der Waals surface area contributed by atoms with E-state index >= 15 is 0 Å². The van der Waals surface area contributed by atoms with Gasteiger partial charge >= 0.3 is 0 Å². The summed E-state index contributed by atoms with van der Waals surface area (Å²) < 4.78 is 27.9. The largest absolute Gasteiger partial charge is 0.316 e. The fourth-order valence-electron chi connectivity index (χ4n) is 1.98. The summed E-state index contributed by atoms with van der Waals surface area (Å²) in [4.78, 5) is 0.389. The van der Waals surface area contributed by atoms with Crippen LogP contribution in [0.1, 0.15) is 43.9 Å². The predicted molar refractivity (Wildman–Crippen MR) is 87.9 cm³/mol. The SMILES string of the molecule is CCC(C)(C)CNS(=O)(=O)c1cc(CNC)cc(C)c1C. The smallest absolute Gasteiger partial charge is 0.240 e. The van der Waals surface area contributed by atoms with Crippen LogP contribution >= 0.6 is 0 Å². The molecule has 4 nitrogen and oxygen atoms in total. The van der Waals surface area contributed by atoms with Crippen LogP contribution < -0.4 is 10.0 Å². The van der Waals surface area contributed by atoms with Crippen LogP contribution in [0.15, 0.2) is 17.0 Å². The maximum Gasteiger partial charge on any atom is 0.240 e. The lowest BCUT2D eigenvalue weighted by molar-refractivity contribution is 0.350. The summed E-state index contributed by atoms with van der Waals surface area (Å²) in [6, 6.07) is 3.79. The van der Waals surface area contributed by atoms with Gasteiger partial charge in [-0.1, -0.05) is 26.8 Å². The zero-order valence-corrected chi connectivity index (χ0v) is 14.8. The van der Waals surface area contributed by atoms with Crippen LogP contribution in [-0.4, -0.2) is 22.0 Å². The number of benzene rings is 1. The van der Waals surface area contributed by atoms with Gasteiger partial charge in [-0.05, 0) is 55.5 Å². The van der Waals surface area contributed by atoms with E-state index < -0.39 is 10.0 Å². The molecule has 0 fully saturated rings. The molecule has 120 valence electrons. The van der Waals surface area contributed by atoms with E-state index in [1.807, 2.05) is 27.0 Å². The third-order valence-corrected chi connectivity index (χ3v) is 5.58. The Bertz CT molecular complexity index is 593. The van der Waals surface area contributed by atoms with Crippen molar-refractivity contribution < 1.29 is 8.42 Å². The lowest BCUT2D eigenvalue weighted by Crippen LogP contribution is -2.34. The van der Waals surface area contributed by atoms with Gasteiger partial charge in [0.1, 0.15) is 0 Å². The quantitative estimate of drug-likeness (QED) is 0.814. The van der Waals surface area contributed by atoms with E-state index in [9.17, 15) is 8.42 Å². The van der Waals surface area contributed by atoms with Crippen LogP contribution in [0.2, 0.25) is 0 Å². The highest BCUT2D eigenvalue weighted by Crippen LogP contribution is 2.23. The van der Waals surface area contributed by atoms with Gasteiger partial charge in [0.15, 0.2) is 0 Å². The van der Waals surface area contributed by atoms with Crippen molar-refractivity contribution >= 4 is 10.0 Å². The lowest BCUT2D eigenvalue weighted by atomic mass is 9.91. The molecule has 0 bridgehead atoms. The first-order chi connectivity index (χ1) is 9.63. The first-order valence-corrected chi connectivity index (χ1v) is 8.85. The zero-order chi connectivity index (χ0) is 16.3. The highest BCUT2D eigenvalue weighted by Gasteiger charge is 2.23. The zero-order valence-electron chi connectivity index (χ0n) is 14.0. The van der Waals surface area contributed by atoms with Crippen molar-refractivity contribution in [3.05, 3.63) is 28.8 Å². The van der Waals surface area contributed by atoms with Crippen molar-refractivity contribution in [1.82, 2.24) is 10.0 Å². The van der Waals surface area contributed by atoms with Crippen molar-refractivity contribution in [2.45, 2.75) is 52.5 Å². The van der Waals surface area contributed by atoms with Gasteiger partial charge in [-0.15, -0.1) is 0 Å². The van der Waals surface area contributed by atoms with E-state index in [0.29, 0.717) is 18.0 Å². The molecule has 0 aliphatic rings. The van der Waals surface area contributed by atoms with E-state index in [2.05, 4.69) is 30.8 Å². The van der Waals surface area contributed by atoms with E-state index in [1.165, 1.54) is 0 Å². The average molecular weight is 312 g/mol. The van der Waals surface area contributed by atoms with Crippen molar-refractivity contribution in [2.24, 2.45) is 5.41 Å². The van der Waals surface area contributed by atoms with Gasteiger partial charge in [-0.3, -0.25) is 0 Å². The molecule has 0 saturated heterocycles. The number of aryl methyl sites for hydroxylation is 1. The minimum atomic E-state index is -3.48. The molecule has 0 amide bonds. The molecule has 0 aromatic heterocycles. The fraction of sp³-hybridized carbons (Fsp3) is 0.625. The van der Waals surface area contributed by atoms with Crippen LogP contribution in [0.3, 0.4) is 0 Å². The van der Waals surface area contributed by atoms with Crippen LogP contribution in [0.25, 0.3) is 0 Å². The molecule has 0 atom stereocenters. The van der Waals surface area contributed by atoms with Gasteiger partial charge in [0.05, 0.1) is 4.90 Å². The Morgan fingerprint density at radius 2 is 1.81 bits per heavy atom. The van der Waals surface area contributed by atoms with Gasteiger partial charge in [-0.2, -0.15) is 0 Å². The highest BCUT2D eigenvalue weighted by atomic mass is 32.2. The molecule has 0 radical (unpaired) electrons. The van der Waals surface area contributed by atoms with Crippen LogP contribution in [-0.2, 0) is 16.6 Å². The molecule has 5 heteroatoms. The van der Waals surface area contributed by atoms with Crippen molar-refractivity contribution in [1.29, 1.82) is 0 Å². The maximum absolute atomic E-state index is 12.6. The topological polar surface area (TPSA) is 58.2 Å². The Morgan fingerprint density at radius 1 is 1.19 bits per heavy atom. The van der Waals surface area contributed by atoms with Gasteiger partial charge in [0.25, 0.3) is 0 Å². The molecule has 1 aromatic carbocycles. The molecule has 2 N–H and O–H groups in total. The Labute approximate surface area is 129 Å². The van der Waals surface area contributed by atoms with E-state index in [1.54, 1.807) is 6.07 Å². The summed E-state index contributed by atoms with van der Waals surface area (Å²) in [5.41, 5.74) is 2.75. The highest BCUT2D eigenvalue weighted by molar-refractivity contribution is 7.89. The summed E-state index contributed by atoms with van der Waals surface area (Å²) >= 11 is 0. The Balaban J connectivity index is 3.13. The molecule has 21 heavy (non-hydrogen) atoms. The molecule has 0 spiro atoms. The van der Waals surface area contributed by atoms with E-state index in [-0.39, 0.29) is 5.41 Å². The fourth-order valence-corrected chi connectivity index (χ4v) is 3.58. The summed E-state index contributed by atoms with van der Waals surface area (Å²) in [6.45, 7) is 11.1. The Kier molecular flexibility index (Phi) is 5.96. The molecular formula is C16H28N2O2S. The number of rotatable bonds is 7. The van der Waals surface area contributed by atoms with E-state index in [4.69, 9.17) is 0 Å². The average Bonchev–Trinajstić information content (AvgIpc) is 2.41. The van der Waals surface area contributed by atoms with Crippen molar-refractivity contribution in [2.75, 3.05) is 13.6 Å². The van der Waals surface area contributed by atoms with Gasteiger partial charge in [0.2, 0.25) is 10.0 Å². The first-order valence-electron chi connectivity index (χ1n) is 7.37. The molecule has 1 aromatic rings. The molecule has 0 unspecified atom stereocenters.